The average molecular weight is 461 g/mol. The number of carbonyl (C=O) groups excluding carboxylic acids is 2. The number of piperidine rings is 1. The van der Waals surface area contributed by atoms with E-state index >= 15 is 0 Å². The molecular weight excluding hydrogens is 420 g/mol. The summed E-state index contributed by atoms with van der Waals surface area (Å²) in [5.74, 6) is 0.133. The Balaban J connectivity index is 1.37. The van der Waals surface area contributed by atoms with Gasteiger partial charge in [0.15, 0.2) is 0 Å². The molecule has 0 aromatic heterocycles. The van der Waals surface area contributed by atoms with E-state index in [4.69, 9.17) is 9.47 Å². The number of ether oxygens (including phenoxy) is 2. The van der Waals surface area contributed by atoms with Gasteiger partial charge >= 0.3 is 0 Å². The van der Waals surface area contributed by atoms with Gasteiger partial charge in [0.2, 0.25) is 11.8 Å². The predicted octanol–water partition coefficient (Wildman–Crippen LogP) is 2.49. The monoisotopic (exact) mass is 460 g/mol. The molecule has 33 heavy (non-hydrogen) atoms. The molecule has 0 aliphatic carbocycles. The molecule has 1 aromatic carbocycles. The number of carbonyl (C=O) groups is 2. The summed E-state index contributed by atoms with van der Waals surface area (Å²) in [6.07, 6.45) is 2.60. The van der Waals surface area contributed by atoms with E-state index in [1.807, 2.05) is 45.0 Å². The molecule has 2 saturated heterocycles. The zero-order chi connectivity index (χ0) is 23.6. The fraction of sp³-hybridized carbons (Fsp3) is 0.680. The molecule has 1 aromatic rings. The van der Waals surface area contributed by atoms with E-state index in [0.29, 0.717) is 13.2 Å². The van der Waals surface area contributed by atoms with E-state index in [2.05, 4.69) is 20.4 Å². The Hall–Kier alpha value is -2.16. The highest BCUT2D eigenvalue weighted by molar-refractivity contribution is 5.94. The Morgan fingerprint density at radius 3 is 2.36 bits per heavy atom. The van der Waals surface area contributed by atoms with Crippen molar-refractivity contribution in [2.75, 3.05) is 62.8 Å². The van der Waals surface area contributed by atoms with Crippen LogP contribution < -0.4 is 15.5 Å². The van der Waals surface area contributed by atoms with Gasteiger partial charge in [-0.3, -0.25) is 14.5 Å². The van der Waals surface area contributed by atoms with Gasteiger partial charge in [-0.2, -0.15) is 0 Å². The predicted molar refractivity (Wildman–Crippen MR) is 131 cm³/mol. The summed E-state index contributed by atoms with van der Waals surface area (Å²) in [6.45, 7) is 12.1. The van der Waals surface area contributed by atoms with Crippen molar-refractivity contribution in [3.8, 4) is 0 Å². The Kier molecular flexibility index (Phi) is 9.96. The fourth-order valence-electron chi connectivity index (χ4n) is 4.29. The Morgan fingerprint density at radius 1 is 1.06 bits per heavy atom. The van der Waals surface area contributed by atoms with E-state index in [0.717, 1.165) is 70.0 Å². The van der Waals surface area contributed by atoms with Crippen LogP contribution in [0.2, 0.25) is 0 Å². The third-order valence-electron chi connectivity index (χ3n) is 6.41. The third kappa shape index (κ3) is 7.98. The van der Waals surface area contributed by atoms with Crippen molar-refractivity contribution in [2.45, 2.75) is 52.2 Å². The fourth-order valence-corrected chi connectivity index (χ4v) is 4.29. The minimum absolute atomic E-state index is 0.0119. The van der Waals surface area contributed by atoms with Crippen LogP contribution in [0.5, 0.6) is 0 Å². The van der Waals surface area contributed by atoms with Gasteiger partial charge in [0, 0.05) is 43.5 Å². The summed E-state index contributed by atoms with van der Waals surface area (Å²) in [5.41, 5.74) is 1.96. The molecule has 1 atom stereocenters. The van der Waals surface area contributed by atoms with Crippen LogP contribution in [0.3, 0.4) is 0 Å². The molecule has 8 heteroatoms. The van der Waals surface area contributed by atoms with Gasteiger partial charge < -0.3 is 25.0 Å². The van der Waals surface area contributed by atoms with Crippen molar-refractivity contribution < 1.29 is 19.1 Å². The minimum atomic E-state index is -0.235. The molecule has 0 saturated carbocycles. The van der Waals surface area contributed by atoms with Crippen molar-refractivity contribution in [3.05, 3.63) is 24.3 Å². The number of hydrogen-bond acceptors (Lipinski definition) is 6. The van der Waals surface area contributed by atoms with Gasteiger partial charge in [-0.1, -0.05) is 0 Å². The second-order valence-corrected chi connectivity index (χ2v) is 9.19. The first kappa shape index (κ1) is 25.5. The summed E-state index contributed by atoms with van der Waals surface area (Å²) >= 11 is 0. The summed E-state index contributed by atoms with van der Waals surface area (Å²) < 4.78 is 10.9. The number of nitrogens with zero attached hydrogens (tertiary/aromatic N) is 2. The number of nitrogens with one attached hydrogen (secondary N) is 2. The molecule has 184 valence electrons. The van der Waals surface area contributed by atoms with Gasteiger partial charge in [0.25, 0.3) is 0 Å². The molecule has 0 spiro atoms. The molecule has 0 radical (unpaired) electrons. The summed E-state index contributed by atoms with van der Waals surface area (Å²) in [4.78, 5) is 29.7. The molecule has 8 nitrogen and oxygen atoms in total. The standard InChI is InChI=1S/C25H40N4O4/c1-19(2)33-16-4-11-26-25(31)21-9-12-28(13-10-21)20(3)24(30)27-22-5-7-23(8-6-22)29-14-17-32-18-15-29/h5-8,19-21H,4,9-18H2,1-3H3,(H,26,31)(H,27,30). The second kappa shape index (κ2) is 12.9. The second-order valence-electron chi connectivity index (χ2n) is 9.19. The van der Waals surface area contributed by atoms with E-state index in [-0.39, 0.29) is 29.9 Å². The maximum atomic E-state index is 12.8. The number of rotatable bonds is 10. The number of hydrogen-bond donors (Lipinski definition) is 2. The quantitative estimate of drug-likeness (QED) is 0.522. The van der Waals surface area contributed by atoms with E-state index < -0.39 is 0 Å². The Bertz CT molecular complexity index is 741. The van der Waals surface area contributed by atoms with Crippen molar-refractivity contribution in [1.82, 2.24) is 10.2 Å². The summed E-state index contributed by atoms with van der Waals surface area (Å²) in [6, 6.07) is 7.77. The molecular formula is C25H40N4O4. The molecule has 2 fully saturated rings. The molecule has 3 rings (SSSR count). The molecule has 2 heterocycles. The van der Waals surface area contributed by atoms with Gasteiger partial charge in [-0.05, 0) is 77.4 Å². The van der Waals surface area contributed by atoms with E-state index in [1.54, 1.807) is 0 Å². The molecule has 2 aliphatic rings. The molecule has 2 N–H and O–H groups in total. The van der Waals surface area contributed by atoms with E-state index in [9.17, 15) is 9.59 Å². The average Bonchev–Trinajstić information content (AvgIpc) is 2.84. The Morgan fingerprint density at radius 2 is 1.73 bits per heavy atom. The number of anilines is 2. The summed E-state index contributed by atoms with van der Waals surface area (Å²) in [5, 5.41) is 6.06. The molecule has 2 amide bonds. The maximum Gasteiger partial charge on any atom is 0.241 e. The summed E-state index contributed by atoms with van der Waals surface area (Å²) in [7, 11) is 0. The number of benzene rings is 1. The molecule has 1 unspecified atom stereocenters. The smallest absolute Gasteiger partial charge is 0.241 e. The van der Waals surface area contributed by atoms with Gasteiger partial charge in [-0.15, -0.1) is 0 Å². The lowest BCUT2D eigenvalue weighted by Crippen LogP contribution is -2.48. The lowest BCUT2D eigenvalue weighted by molar-refractivity contribution is -0.127. The van der Waals surface area contributed by atoms with Crippen LogP contribution >= 0.6 is 0 Å². The van der Waals surface area contributed by atoms with Crippen LogP contribution in [0, 0.1) is 5.92 Å². The van der Waals surface area contributed by atoms with Gasteiger partial charge in [0.1, 0.15) is 0 Å². The first-order valence-corrected chi connectivity index (χ1v) is 12.3. The van der Waals surface area contributed by atoms with Crippen LogP contribution in [-0.4, -0.2) is 81.4 Å². The zero-order valence-electron chi connectivity index (χ0n) is 20.3. The van der Waals surface area contributed by atoms with E-state index in [1.165, 1.54) is 0 Å². The van der Waals surface area contributed by atoms with Crippen LogP contribution in [0.15, 0.2) is 24.3 Å². The molecule has 2 aliphatic heterocycles. The number of morpholine rings is 1. The first-order valence-electron chi connectivity index (χ1n) is 12.3. The van der Waals surface area contributed by atoms with Crippen LogP contribution in [-0.2, 0) is 19.1 Å². The zero-order valence-corrected chi connectivity index (χ0v) is 20.3. The topological polar surface area (TPSA) is 83.1 Å². The normalized spacial score (nSPS) is 18.8. The van der Waals surface area contributed by atoms with Crippen LogP contribution in [0.1, 0.15) is 40.0 Å². The van der Waals surface area contributed by atoms with Gasteiger partial charge in [-0.25, -0.2) is 0 Å². The van der Waals surface area contributed by atoms with Crippen LogP contribution in [0.25, 0.3) is 0 Å². The van der Waals surface area contributed by atoms with Gasteiger partial charge in [0.05, 0.1) is 25.4 Å². The minimum Gasteiger partial charge on any atom is -0.379 e. The number of likely N-dealkylation sites (tertiary alicyclic amines) is 1. The highest BCUT2D eigenvalue weighted by atomic mass is 16.5. The lowest BCUT2D eigenvalue weighted by Gasteiger charge is -2.34. The highest BCUT2D eigenvalue weighted by Crippen LogP contribution is 2.22. The SMILES string of the molecule is CC(C)OCCCNC(=O)C1CCN(C(C)C(=O)Nc2ccc(N3CCOCC3)cc2)CC1. The number of amides is 2. The highest BCUT2D eigenvalue weighted by Gasteiger charge is 2.29. The maximum absolute atomic E-state index is 12.8. The van der Waals surface area contributed by atoms with Crippen molar-refractivity contribution in [1.29, 1.82) is 0 Å². The first-order chi connectivity index (χ1) is 15.9. The lowest BCUT2D eigenvalue weighted by atomic mass is 9.95. The molecule has 0 bridgehead atoms. The van der Waals surface area contributed by atoms with Crippen molar-refractivity contribution in [2.24, 2.45) is 5.92 Å². The third-order valence-corrected chi connectivity index (χ3v) is 6.41. The largest absolute Gasteiger partial charge is 0.379 e. The van der Waals surface area contributed by atoms with Crippen LogP contribution in [0.4, 0.5) is 11.4 Å². The Labute approximate surface area is 198 Å². The van der Waals surface area contributed by atoms with Crippen molar-refractivity contribution >= 4 is 23.2 Å². The van der Waals surface area contributed by atoms with Crippen molar-refractivity contribution in [3.63, 3.8) is 0 Å².